The molecule has 13 heavy (non-hydrogen) atoms. The molecular formula is C10H8ClNO. The molecule has 0 N–H and O–H groups in total. The van der Waals surface area contributed by atoms with Gasteiger partial charge in [-0.05, 0) is 24.3 Å². The first-order valence-electron chi connectivity index (χ1n) is 3.94. The fourth-order valence-electron chi connectivity index (χ4n) is 1.26. The topological polar surface area (TPSA) is 20.3 Å². The van der Waals surface area contributed by atoms with Gasteiger partial charge in [0.1, 0.15) is 0 Å². The smallest absolute Gasteiger partial charge is 0.255 e. The molecule has 1 fully saturated rings. The van der Waals surface area contributed by atoms with Crippen molar-refractivity contribution in [2.75, 3.05) is 11.4 Å². The number of β-lactam (4-membered cyclic amide) rings is 1. The summed E-state index contributed by atoms with van der Waals surface area (Å²) >= 11 is 5.72. The van der Waals surface area contributed by atoms with Gasteiger partial charge in [0.15, 0.2) is 0 Å². The third-order valence-electron chi connectivity index (χ3n) is 2.03. The number of carbonyl (C=O) groups is 1. The lowest BCUT2D eigenvalue weighted by Crippen LogP contribution is -2.45. The number of nitrogens with zero attached hydrogens (tertiary/aromatic N) is 1. The minimum Gasteiger partial charge on any atom is -0.304 e. The van der Waals surface area contributed by atoms with Crippen molar-refractivity contribution in [3.63, 3.8) is 0 Å². The SMILES string of the molecule is C=C1CN(c2ccc(Cl)cc2)C1=O. The Morgan fingerprint density at radius 3 is 2.38 bits per heavy atom. The molecule has 0 aromatic heterocycles. The molecule has 2 nitrogen and oxygen atoms in total. The van der Waals surface area contributed by atoms with E-state index < -0.39 is 0 Å². The summed E-state index contributed by atoms with van der Waals surface area (Å²) in [4.78, 5) is 12.9. The van der Waals surface area contributed by atoms with E-state index in [0.29, 0.717) is 17.1 Å². The lowest BCUT2D eigenvalue weighted by molar-refractivity contribution is -0.117. The number of carbonyl (C=O) groups excluding carboxylic acids is 1. The second kappa shape index (κ2) is 2.89. The molecular weight excluding hydrogens is 186 g/mol. The van der Waals surface area contributed by atoms with Crippen molar-refractivity contribution in [3.8, 4) is 0 Å². The Morgan fingerprint density at radius 2 is 1.92 bits per heavy atom. The Hall–Kier alpha value is -1.28. The molecule has 1 aliphatic rings. The van der Waals surface area contributed by atoms with Gasteiger partial charge in [-0.25, -0.2) is 0 Å². The molecule has 0 unspecified atom stereocenters. The van der Waals surface area contributed by atoms with E-state index in [1.54, 1.807) is 17.0 Å². The van der Waals surface area contributed by atoms with Gasteiger partial charge in [0.2, 0.25) is 0 Å². The van der Waals surface area contributed by atoms with Crippen LogP contribution in [-0.2, 0) is 4.79 Å². The van der Waals surface area contributed by atoms with Gasteiger partial charge in [-0.3, -0.25) is 4.79 Å². The van der Waals surface area contributed by atoms with E-state index in [-0.39, 0.29) is 5.91 Å². The molecule has 2 rings (SSSR count). The number of anilines is 1. The van der Waals surface area contributed by atoms with Crippen LogP contribution in [0.15, 0.2) is 36.4 Å². The maximum absolute atomic E-state index is 11.2. The third-order valence-corrected chi connectivity index (χ3v) is 2.29. The van der Waals surface area contributed by atoms with Crippen molar-refractivity contribution in [2.24, 2.45) is 0 Å². The van der Waals surface area contributed by atoms with E-state index in [0.717, 1.165) is 5.69 Å². The molecule has 1 aromatic rings. The van der Waals surface area contributed by atoms with Crippen molar-refractivity contribution in [2.45, 2.75) is 0 Å². The van der Waals surface area contributed by atoms with E-state index in [1.807, 2.05) is 12.1 Å². The van der Waals surface area contributed by atoms with Crippen LogP contribution in [0.2, 0.25) is 5.02 Å². The molecule has 0 saturated carbocycles. The first-order chi connectivity index (χ1) is 6.18. The maximum atomic E-state index is 11.2. The normalized spacial score (nSPS) is 15.9. The Balaban J connectivity index is 2.23. The molecule has 3 heteroatoms. The van der Waals surface area contributed by atoms with Crippen molar-refractivity contribution >= 4 is 23.2 Å². The van der Waals surface area contributed by atoms with E-state index in [4.69, 9.17) is 11.6 Å². The molecule has 0 atom stereocenters. The lowest BCUT2D eigenvalue weighted by Gasteiger charge is -2.32. The summed E-state index contributed by atoms with van der Waals surface area (Å²) in [7, 11) is 0. The highest BCUT2D eigenvalue weighted by Crippen LogP contribution is 2.25. The molecule has 66 valence electrons. The van der Waals surface area contributed by atoms with E-state index >= 15 is 0 Å². The van der Waals surface area contributed by atoms with Crippen LogP contribution in [0.3, 0.4) is 0 Å². The number of benzene rings is 1. The standard InChI is InChI=1S/C10H8ClNO/c1-7-6-12(10(7)13)9-4-2-8(11)3-5-9/h2-5H,1,6H2. The molecule has 1 aromatic carbocycles. The Bertz CT molecular complexity index is 369. The van der Waals surface area contributed by atoms with Gasteiger partial charge in [0.05, 0.1) is 6.54 Å². The molecule has 1 amide bonds. The Kier molecular flexibility index (Phi) is 1.85. The number of amides is 1. The van der Waals surface area contributed by atoms with E-state index in [1.165, 1.54) is 0 Å². The monoisotopic (exact) mass is 193 g/mol. The van der Waals surface area contributed by atoms with E-state index in [2.05, 4.69) is 6.58 Å². The third kappa shape index (κ3) is 1.33. The molecule has 0 spiro atoms. The molecule has 0 bridgehead atoms. The number of hydrogen-bond acceptors (Lipinski definition) is 1. The summed E-state index contributed by atoms with van der Waals surface area (Å²) in [6.07, 6.45) is 0. The summed E-state index contributed by atoms with van der Waals surface area (Å²) in [5.74, 6) is 0.00215. The highest BCUT2D eigenvalue weighted by Gasteiger charge is 2.29. The van der Waals surface area contributed by atoms with Gasteiger partial charge in [0, 0.05) is 16.3 Å². The second-order valence-electron chi connectivity index (χ2n) is 2.97. The van der Waals surface area contributed by atoms with Crippen LogP contribution < -0.4 is 4.90 Å². The van der Waals surface area contributed by atoms with E-state index in [9.17, 15) is 4.79 Å². The zero-order valence-electron chi connectivity index (χ0n) is 6.96. The van der Waals surface area contributed by atoms with Crippen LogP contribution in [-0.4, -0.2) is 12.5 Å². The number of hydrogen-bond donors (Lipinski definition) is 0. The van der Waals surface area contributed by atoms with Crippen LogP contribution in [0.5, 0.6) is 0 Å². The van der Waals surface area contributed by atoms with Crippen LogP contribution in [0.25, 0.3) is 0 Å². The molecule has 1 heterocycles. The van der Waals surface area contributed by atoms with Crippen LogP contribution in [0, 0.1) is 0 Å². The fraction of sp³-hybridized carbons (Fsp3) is 0.100. The largest absolute Gasteiger partial charge is 0.304 e. The Labute approximate surface area is 81.4 Å². The average Bonchev–Trinajstić information content (AvgIpc) is 2.15. The zero-order valence-corrected chi connectivity index (χ0v) is 7.71. The van der Waals surface area contributed by atoms with Crippen molar-refractivity contribution in [1.29, 1.82) is 0 Å². The summed E-state index contributed by atoms with van der Waals surface area (Å²) < 4.78 is 0. The van der Waals surface area contributed by atoms with Gasteiger partial charge in [-0.2, -0.15) is 0 Å². The van der Waals surface area contributed by atoms with Gasteiger partial charge in [0.25, 0.3) is 5.91 Å². The summed E-state index contributed by atoms with van der Waals surface area (Å²) in [5.41, 5.74) is 1.54. The predicted molar refractivity (Wildman–Crippen MR) is 52.9 cm³/mol. The molecule has 0 radical (unpaired) electrons. The zero-order chi connectivity index (χ0) is 9.42. The van der Waals surface area contributed by atoms with Crippen molar-refractivity contribution in [1.82, 2.24) is 0 Å². The van der Waals surface area contributed by atoms with Gasteiger partial charge in [-0.1, -0.05) is 18.2 Å². The summed E-state index contributed by atoms with van der Waals surface area (Å²) in [5, 5.41) is 0.676. The second-order valence-corrected chi connectivity index (χ2v) is 3.41. The van der Waals surface area contributed by atoms with Crippen molar-refractivity contribution < 1.29 is 4.79 Å². The first-order valence-corrected chi connectivity index (χ1v) is 4.31. The Morgan fingerprint density at radius 1 is 1.31 bits per heavy atom. The number of rotatable bonds is 1. The predicted octanol–water partition coefficient (Wildman–Crippen LogP) is 2.24. The van der Waals surface area contributed by atoms with Gasteiger partial charge < -0.3 is 4.90 Å². The van der Waals surface area contributed by atoms with Crippen molar-refractivity contribution in [3.05, 3.63) is 41.4 Å². The number of halogens is 1. The average molecular weight is 194 g/mol. The summed E-state index contributed by atoms with van der Waals surface area (Å²) in [6, 6.07) is 7.19. The molecule has 1 aliphatic heterocycles. The minimum absolute atomic E-state index is 0.00215. The quantitative estimate of drug-likeness (QED) is 0.495. The lowest BCUT2D eigenvalue weighted by atomic mass is 10.1. The highest BCUT2D eigenvalue weighted by molar-refractivity contribution is 6.30. The fourth-order valence-corrected chi connectivity index (χ4v) is 1.39. The van der Waals surface area contributed by atoms with Gasteiger partial charge in [-0.15, -0.1) is 0 Å². The molecule has 1 saturated heterocycles. The first kappa shape index (κ1) is 8.32. The summed E-state index contributed by atoms with van der Waals surface area (Å²) in [6.45, 7) is 4.24. The van der Waals surface area contributed by atoms with Crippen LogP contribution >= 0.6 is 11.6 Å². The molecule has 0 aliphatic carbocycles. The maximum Gasteiger partial charge on any atom is 0.255 e. The van der Waals surface area contributed by atoms with Crippen LogP contribution in [0.4, 0.5) is 5.69 Å². The highest BCUT2D eigenvalue weighted by atomic mass is 35.5. The van der Waals surface area contributed by atoms with Gasteiger partial charge >= 0.3 is 0 Å². The van der Waals surface area contributed by atoms with Crippen LogP contribution in [0.1, 0.15) is 0 Å². The minimum atomic E-state index is 0.00215.